The summed E-state index contributed by atoms with van der Waals surface area (Å²) in [4.78, 5) is 8.57. The van der Waals surface area contributed by atoms with Crippen LogP contribution in [-0.4, -0.2) is 16.4 Å². The number of benzene rings is 1. The van der Waals surface area contributed by atoms with E-state index in [9.17, 15) is 0 Å². The highest BCUT2D eigenvalue weighted by atomic mass is 35.5. The minimum absolute atomic E-state index is 0.392. The van der Waals surface area contributed by atoms with E-state index in [1.807, 2.05) is 13.0 Å². The molecule has 1 aliphatic heterocycles. The molecule has 0 amide bonds. The van der Waals surface area contributed by atoms with E-state index in [4.69, 9.17) is 23.2 Å². The van der Waals surface area contributed by atoms with E-state index in [-0.39, 0.29) is 0 Å². The normalized spacial score (nSPS) is 16.8. The van der Waals surface area contributed by atoms with Gasteiger partial charge in [0.1, 0.15) is 0 Å². The Hall–Kier alpha value is -1.17. The molecule has 0 spiro atoms. The Bertz CT molecular complexity index is 623. The summed E-state index contributed by atoms with van der Waals surface area (Å²) in [5, 5.41) is 9.04. The van der Waals surface area contributed by atoms with E-state index >= 15 is 0 Å². The zero-order chi connectivity index (χ0) is 15.4. The van der Waals surface area contributed by atoms with E-state index in [1.165, 1.54) is 11.8 Å². The molecule has 2 N–H and O–H groups in total. The van der Waals surface area contributed by atoms with Gasteiger partial charge in [0.05, 0.1) is 10.7 Å². The Morgan fingerprint density at radius 2 is 2.10 bits per heavy atom. The lowest BCUT2D eigenvalue weighted by Crippen LogP contribution is -2.21. The van der Waals surface area contributed by atoms with Gasteiger partial charge in [0.15, 0.2) is 10.3 Å². The summed E-state index contributed by atoms with van der Waals surface area (Å²) < 4.78 is 0. The van der Waals surface area contributed by atoms with E-state index in [1.54, 1.807) is 18.3 Å². The van der Waals surface area contributed by atoms with E-state index < -0.39 is 0 Å². The molecule has 1 aliphatic rings. The van der Waals surface area contributed by atoms with E-state index in [2.05, 4.69) is 34.5 Å². The van der Waals surface area contributed by atoms with Crippen LogP contribution in [0.5, 0.6) is 0 Å². The van der Waals surface area contributed by atoms with E-state index in [0.717, 1.165) is 16.6 Å². The van der Waals surface area contributed by atoms with Crippen molar-refractivity contribution in [2.24, 2.45) is 9.98 Å². The van der Waals surface area contributed by atoms with Crippen molar-refractivity contribution in [3.8, 4) is 0 Å². The second-order valence-electron chi connectivity index (χ2n) is 4.79. The molecular formula is C14H16Cl2N4S. The minimum Gasteiger partial charge on any atom is -0.385 e. The van der Waals surface area contributed by atoms with Crippen LogP contribution in [0, 0.1) is 0 Å². The third-order valence-electron chi connectivity index (χ3n) is 2.44. The molecule has 0 atom stereocenters. The highest BCUT2D eigenvalue weighted by Gasteiger charge is 2.18. The lowest BCUT2D eigenvalue weighted by atomic mass is 10.3. The number of nitrogens with one attached hydrogen (secondary N) is 2. The molecule has 0 saturated heterocycles. The fourth-order valence-electron chi connectivity index (χ4n) is 1.64. The van der Waals surface area contributed by atoms with Crippen molar-refractivity contribution in [1.29, 1.82) is 0 Å². The van der Waals surface area contributed by atoms with Crippen LogP contribution in [0.2, 0.25) is 10.0 Å². The number of thioether (sulfide) groups is 1. The number of rotatable bonds is 4. The van der Waals surface area contributed by atoms with Gasteiger partial charge in [-0.25, -0.2) is 4.99 Å². The van der Waals surface area contributed by atoms with Gasteiger partial charge in [-0.3, -0.25) is 0 Å². The van der Waals surface area contributed by atoms with Crippen molar-refractivity contribution >= 4 is 51.0 Å². The zero-order valence-corrected chi connectivity index (χ0v) is 14.3. The summed E-state index contributed by atoms with van der Waals surface area (Å²) in [6.07, 6.45) is 1.78. The van der Waals surface area contributed by atoms with Crippen LogP contribution in [0.3, 0.4) is 0 Å². The van der Waals surface area contributed by atoms with Crippen LogP contribution in [0.25, 0.3) is 0 Å². The molecule has 4 nitrogen and oxygen atoms in total. The molecule has 112 valence electrons. The van der Waals surface area contributed by atoms with E-state index in [0.29, 0.717) is 21.3 Å². The summed E-state index contributed by atoms with van der Waals surface area (Å²) in [5.74, 6) is 0. The molecule has 1 heterocycles. The van der Waals surface area contributed by atoms with Crippen molar-refractivity contribution in [1.82, 2.24) is 5.32 Å². The lowest BCUT2D eigenvalue weighted by molar-refractivity contribution is 0.668. The van der Waals surface area contributed by atoms with Gasteiger partial charge in [0.2, 0.25) is 0 Å². The van der Waals surface area contributed by atoms with Crippen molar-refractivity contribution in [2.75, 3.05) is 5.32 Å². The molecule has 0 radical (unpaired) electrons. The summed E-state index contributed by atoms with van der Waals surface area (Å²) in [6, 6.07) is 5.68. The first-order chi connectivity index (χ1) is 9.94. The molecule has 7 heteroatoms. The zero-order valence-electron chi connectivity index (χ0n) is 11.9. The number of aliphatic imine (C=N–C) groups is 2. The van der Waals surface area contributed by atoms with Crippen LogP contribution in [0.1, 0.15) is 20.8 Å². The number of hydrogen-bond donors (Lipinski definition) is 2. The maximum atomic E-state index is 6.08. The van der Waals surface area contributed by atoms with Crippen molar-refractivity contribution in [3.05, 3.63) is 40.1 Å². The standard InChI is InChI=1S/C14H16Cl2N4S/c1-8(2)18-9(3)7-17-13-20-14(21-13)19-12-5-4-10(15)6-11(12)16/h4-8,18H,1-3H3,(H,17,19,20)/b9-7+. The van der Waals surface area contributed by atoms with Gasteiger partial charge in [0.25, 0.3) is 0 Å². The number of allylic oxidation sites excluding steroid dienone is 1. The molecule has 1 aromatic rings. The van der Waals surface area contributed by atoms with Gasteiger partial charge in [-0.2, -0.15) is 4.99 Å². The Balaban J connectivity index is 1.95. The largest absolute Gasteiger partial charge is 0.385 e. The smallest absolute Gasteiger partial charge is 0.197 e. The first-order valence-corrected chi connectivity index (χ1v) is 8.01. The fourth-order valence-corrected chi connectivity index (χ4v) is 2.67. The Kier molecular flexibility index (Phi) is 5.56. The minimum atomic E-state index is 0.392. The quantitative estimate of drug-likeness (QED) is 0.831. The summed E-state index contributed by atoms with van der Waals surface area (Å²) in [6.45, 7) is 6.14. The van der Waals surface area contributed by atoms with Gasteiger partial charge in [-0.1, -0.05) is 23.2 Å². The van der Waals surface area contributed by atoms with Gasteiger partial charge < -0.3 is 10.6 Å². The summed E-state index contributed by atoms with van der Waals surface area (Å²) >= 11 is 13.4. The van der Waals surface area contributed by atoms with Gasteiger partial charge in [0, 0.05) is 23.0 Å². The van der Waals surface area contributed by atoms with Crippen LogP contribution in [-0.2, 0) is 0 Å². The lowest BCUT2D eigenvalue weighted by Gasteiger charge is -2.16. The second-order valence-corrected chi connectivity index (χ2v) is 6.59. The number of nitrogens with zero attached hydrogens (tertiary/aromatic N) is 2. The van der Waals surface area contributed by atoms with Crippen molar-refractivity contribution in [2.45, 2.75) is 26.8 Å². The molecule has 0 unspecified atom stereocenters. The topological polar surface area (TPSA) is 48.8 Å². The van der Waals surface area contributed by atoms with Crippen LogP contribution in [0.4, 0.5) is 5.69 Å². The van der Waals surface area contributed by atoms with Gasteiger partial charge in [-0.15, -0.1) is 0 Å². The maximum Gasteiger partial charge on any atom is 0.197 e. The molecule has 2 rings (SSSR count). The molecule has 0 saturated carbocycles. The highest BCUT2D eigenvalue weighted by Crippen LogP contribution is 2.29. The van der Waals surface area contributed by atoms with Crippen LogP contribution in [0.15, 0.2) is 40.1 Å². The van der Waals surface area contributed by atoms with Crippen LogP contribution < -0.4 is 10.6 Å². The Morgan fingerprint density at radius 3 is 2.71 bits per heavy atom. The molecule has 21 heavy (non-hydrogen) atoms. The first-order valence-electron chi connectivity index (χ1n) is 6.44. The van der Waals surface area contributed by atoms with Gasteiger partial charge >= 0.3 is 0 Å². The summed E-state index contributed by atoms with van der Waals surface area (Å²) in [5.41, 5.74) is 1.79. The molecule has 1 aromatic carbocycles. The summed E-state index contributed by atoms with van der Waals surface area (Å²) in [7, 11) is 0. The average Bonchev–Trinajstić information content (AvgIpc) is 2.33. The maximum absolute atomic E-state index is 6.08. The monoisotopic (exact) mass is 342 g/mol. The van der Waals surface area contributed by atoms with Crippen LogP contribution >= 0.6 is 35.0 Å². The molecule has 0 aliphatic carbocycles. The predicted molar refractivity (Wildman–Crippen MR) is 94.6 cm³/mol. The number of hydrogen-bond acceptors (Lipinski definition) is 4. The average molecular weight is 343 g/mol. The highest BCUT2D eigenvalue weighted by molar-refractivity contribution is 8.29. The second kappa shape index (κ2) is 7.20. The molecule has 0 bridgehead atoms. The number of anilines is 1. The molecule has 0 fully saturated rings. The number of halogens is 2. The Labute approximate surface area is 138 Å². The van der Waals surface area contributed by atoms with Crippen molar-refractivity contribution in [3.63, 3.8) is 0 Å². The third kappa shape index (κ3) is 4.95. The fraction of sp³-hybridized carbons (Fsp3) is 0.286. The number of amidine groups is 2. The van der Waals surface area contributed by atoms with Gasteiger partial charge in [-0.05, 0) is 50.7 Å². The predicted octanol–water partition coefficient (Wildman–Crippen LogP) is 4.72. The van der Waals surface area contributed by atoms with Crippen molar-refractivity contribution < 1.29 is 0 Å². The Morgan fingerprint density at radius 1 is 1.38 bits per heavy atom. The first kappa shape index (κ1) is 16.2. The third-order valence-corrected chi connectivity index (χ3v) is 3.76. The molecule has 0 aromatic heterocycles. The molecular weight excluding hydrogens is 327 g/mol. The SMILES string of the molecule is C/C(=C\N=C1N=C(Nc2ccc(Cl)cc2Cl)S1)NC(C)C.